The molecule has 12 heteroatoms. The van der Waals surface area contributed by atoms with Crippen molar-refractivity contribution in [3.05, 3.63) is 48.0 Å². The van der Waals surface area contributed by atoms with Crippen LogP contribution in [0.5, 0.6) is 11.5 Å². The molecule has 2 aromatic rings. The van der Waals surface area contributed by atoms with Crippen molar-refractivity contribution in [3.63, 3.8) is 0 Å². The number of sulfonamides is 1. The van der Waals surface area contributed by atoms with E-state index in [0.29, 0.717) is 0 Å². The van der Waals surface area contributed by atoms with Crippen LogP contribution in [0.25, 0.3) is 0 Å². The largest absolute Gasteiger partial charge is 0.573 e. The lowest BCUT2D eigenvalue weighted by atomic mass is 10.2. The number of anilines is 1. The van der Waals surface area contributed by atoms with Gasteiger partial charge in [-0.1, -0.05) is 0 Å². The Balaban J connectivity index is 1.86. The number of ether oxygens (including phenoxy) is 3. The van der Waals surface area contributed by atoms with Gasteiger partial charge in [0.25, 0.3) is 5.91 Å². The van der Waals surface area contributed by atoms with Gasteiger partial charge in [0, 0.05) is 18.7 Å². The first-order chi connectivity index (χ1) is 15.5. The summed E-state index contributed by atoms with van der Waals surface area (Å²) in [5.74, 6) is -0.888. The molecule has 0 aromatic heterocycles. The Morgan fingerprint density at radius 3 is 2.30 bits per heavy atom. The topological polar surface area (TPSA) is 94.2 Å². The first-order valence-corrected chi connectivity index (χ1v) is 11.5. The van der Waals surface area contributed by atoms with E-state index in [1.54, 1.807) is 13.8 Å². The SMILES string of the molecule is CC(C)Oc1ccc(S(=O)(=O)N2CCOCC2)cc1NC(=O)c1ccc(OC(F)(F)F)cc1. The molecule has 1 aliphatic rings. The molecule has 0 aliphatic carbocycles. The van der Waals surface area contributed by atoms with E-state index in [1.807, 2.05) is 0 Å². The number of alkyl halides is 3. The molecule has 0 bridgehead atoms. The van der Waals surface area contributed by atoms with Crippen LogP contribution >= 0.6 is 0 Å². The summed E-state index contributed by atoms with van der Waals surface area (Å²) < 4.78 is 78.9. The van der Waals surface area contributed by atoms with E-state index in [2.05, 4.69) is 10.1 Å². The molecule has 1 amide bonds. The van der Waals surface area contributed by atoms with E-state index in [1.165, 1.54) is 22.5 Å². The fourth-order valence-corrected chi connectivity index (χ4v) is 4.50. The van der Waals surface area contributed by atoms with Crippen LogP contribution in [0.3, 0.4) is 0 Å². The summed E-state index contributed by atoms with van der Waals surface area (Å²) in [5.41, 5.74) is 0.153. The molecule has 1 N–H and O–H groups in total. The van der Waals surface area contributed by atoms with Crippen LogP contribution in [-0.2, 0) is 14.8 Å². The highest BCUT2D eigenvalue weighted by Crippen LogP contribution is 2.31. The number of hydrogen-bond acceptors (Lipinski definition) is 6. The van der Waals surface area contributed by atoms with Gasteiger partial charge >= 0.3 is 6.36 Å². The number of rotatable bonds is 7. The van der Waals surface area contributed by atoms with Crippen molar-refractivity contribution in [2.24, 2.45) is 0 Å². The zero-order valence-corrected chi connectivity index (χ0v) is 18.7. The van der Waals surface area contributed by atoms with Crippen molar-refractivity contribution in [3.8, 4) is 11.5 Å². The third-order valence-electron chi connectivity index (χ3n) is 4.52. The zero-order valence-electron chi connectivity index (χ0n) is 17.9. The second kappa shape index (κ2) is 9.98. The van der Waals surface area contributed by atoms with Gasteiger partial charge in [0.05, 0.1) is 29.9 Å². The number of morpholine rings is 1. The van der Waals surface area contributed by atoms with Gasteiger partial charge < -0.3 is 19.5 Å². The predicted octanol–water partition coefficient (Wildman–Crippen LogP) is 3.65. The maximum Gasteiger partial charge on any atom is 0.573 e. The number of carbonyl (C=O) groups is 1. The van der Waals surface area contributed by atoms with E-state index < -0.39 is 28.0 Å². The fourth-order valence-electron chi connectivity index (χ4n) is 3.06. The molecular formula is C21H23F3N2O6S. The Kier molecular flexibility index (Phi) is 7.50. The number of hydrogen-bond donors (Lipinski definition) is 1. The third kappa shape index (κ3) is 6.59. The smallest absolute Gasteiger partial charge is 0.489 e. The monoisotopic (exact) mass is 488 g/mol. The lowest BCUT2D eigenvalue weighted by molar-refractivity contribution is -0.274. The van der Waals surface area contributed by atoms with Crippen molar-refractivity contribution >= 4 is 21.6 Å². The maximum absolute atomic E-state index is 13.0. The number of halogens is 3. The lowest BCUT2D eigenvalue weighted by Gasteiger charge is -2.26. The summed E-state index contributed by atoms with van der Waals surface area (Å²) in [6, 6.07) is 8.47. The summed E-state index contributed by atoms with van der Waals surface area (Å²) in [6.07, 6.45) is -5.11. The van der Waals surface area contributed by atoms with Gasteiger partial charge in [-0.15, -0.1) is 13.2 Å². The number of nitrogens with one attached hydrogen (secondary N) is 1. The Morgan fingerprint density at radius 1 is 1.09 bits per heavy atom. The van der Waals surface area contributed by atoms with Gasteiger partial charge in [-0.3, -0.25) is 4.79 Å². The molecule has 0 unspecified atom stereocenters. The Hall–Kier alpha value is -2.83. The molecule has 1 aliphatic heterocycles. The van der Waals surface area contributed by atoms with Gasteiger partial charge in [-0.05, 0) is 56.3 Å². The molecule has 8 nitrogen and oxygen atoms in total. The van der Waals surface area contributed by atoms with E-state index >= 15 is 0 Å². The molecule has 3 rings (SSSR count). The van der Waals surface area contributed by atoms with Gasteiger partial charge in [-0.2, -0.15) is 4.31 Å². The summed E-state index contributed by atoms with van der Waals surface area (Å²) in [4.78, 5) is 12.7. The van der Waals surface area contributed by atoms with Crippen LogP contribution in [0.1, 0.15) is 24.2 Å². The van der Waals surface area contributed by atoms with Crippen molar-refractivity contribution in [1.82, 2.24) is 4.31 Å². The highest BCUT2D eigenvalue weighted by Gasteiger charge is 2.31. The van der Waals surface area contributed by atoms with E-state index in [-0.39, 0.29) is 54.3 Å². The van der Waals surface area contributed by atoms with Gasteiger partial charge in [0.15, 0.2) is 0 Å². The Bertz CT molecular complexity index is 1080. The lowest BCUT2D eigenvalue weighted by Crippen LogP contribution is -2.40. The highest BCUT2D eigenvalue weighted by atomic mass is 32.2. The van der Waals surface area contributed by atoms with Crippen molar-refractivity contribution in [2.45, 2.75) is 31.2 Å². The van der Waals surface area contributed by atoms with Crippen LogP contribution < -0.4 is 14.8 Å². The Morgan fingerprint density at radius 2 is 1.73 bits per heavy atom. The van der Waals surface area contributed by atoms with Crippen molar-refractivity contribution in [1.29, 1.82) is 0 Å². The number of amides is 1. The molecule has 180 valence electrons. The minimum atomic E-state index is -4.85. The maximum atomic E-state index is 13.0. The minimum absolute atomic E-state index is 0.0373. The predicted molar refractivity (Wildman–Crippen MR) is 113 cm³/mol. The summed E-state index contributed by atoms with van der Waals surface area (Å²) in [7, 11) is -3.83. The number of benzene rings is 2. The third-order valence-corrected chi connectivity index (χ3v) is 6.41. The van der Waals surface area contributed by atoms with Gasteiger partial charge in [-0.25, -0.2) is 8.42 Å². The Labute approximate surface area is 189 Å². The van der Waals surface area contributed by atoms with Gasteiger partial charge in [0.2, 0.25) is 10.0 Å². The zero-order chi connectivity index (χ0) is 24.2. The van der Waals surface area contributed by atoms with Crippen molar-refractivity contribution < 1.29 is 40.6 Å². The number of carbonyl (C=O) groups excluding carboxylic acids is 1. The van der Waals surface area contributed by atoms with Crippen LogP contribution in [-0.4, -0.2) is 57.4 Å². The first-order valence-electron chi connectivity index (χ1n) is 10.0. The van der Waals surface area contributed by atoms with Crippen LogP contribution in [0.4, 0.5) is 18.9 Å². The minimum Gasteiger partial charge on any atom is -0.489 e. The van der Waals surface area contributed by atoms with Crippen LogP contribution in [0, 0.1) is 0 Å². The highest BCUT2D eigenvalue weighted by molar-refractivity contribution is 7.89. The average molecular weight is 488 g/mol. The quantitative estimate of drug-likeness (QED) is 0.640. The molecule has 0 radical (unpaired) electrons. The fraction of sp³-hybridized carbons (Fsp3) is 0.381. The van der Waals surface area contributed by atoms with E-state index in [4.69, 9.17) is 9.47 Å². The molecular weight excluding hydrogens is 465 g/mol. The van der Waals surface area contributed by atoms with E-state index in [9.17, 15) is 26.4 Å². The summed E-state index contributed by atoms with van der Waals surface area (Å²) in [5, 5.41) is 2.58. The normalized spacial score (nSPS) is 15.3. The van der Waals surface area contributed by atoms with Crippen molar-refractivity contribution in [2.75, 3.05) is 31.6 Å². The number of nitrogens with zero attached hydrogens (tertiary/aromatic N) is 1. The molecule has 33 heavy (non-hydrogen) atoms. The van der Waals surface area contributed by atoms with Crippen LogP contribution in [0.2, 0.25) is 0 Å². The molecule has 1 saturated heterocycles. The average Bonchev–Trinajstić information content (AvgIpc) is 2.74. The molecule has 0 spiro atoms. The van der Waals surface area contributed by atoms with Gasteiger partial charge in [0.1, 0.15) is 11.5 Å². The summed E-state index contributed by atoms with van der Waals surface area (Å²) in [6.45, 7) is 4.52. The molecule has 0 saturated carbocycles. The molecule has 2 aromatic carbocycles. The second-order valence-corrected chi connectivity index (χ2v) is 9.31. The standard InChI is InChI=1S/C21H23F3N2O6S/c1-14(2)31-19-8-7-17(33(28,29)26-9-11-30-12-10-26)13-18(19)25-20(27)15-3-5-16(6-4-15)32-21(22,23)24/h3-8,13-14H,9-12H2,1-2H3,(H,25,27). The van der Waals surface area contributed by atoms with Crippen LogP contribution in [0.15, 0.2) is 47.4 Å². The summed E-state index contributed by atoms with van der Waals surface area (Å²) >= 11 is 0. The van der Waals surface area contributed by atoms with E-state index in [0.717, 1.165) is 24.3 Å². The molecule has 1 fully saturated rings. The first kappa shape index (κ1) is 24.8. The molecule has 1 heterocycles. The second-order valence-electron chi connectivity index (χ2n) is 7.37. The molecule has 0 atom stereocenters.